The average molecular weight is 282 g/mol. The maximum absolute atomic E-state index is 12.4. The maximum atomic E-state index is 12.4. The SMILES string of the molecule is O=[N+]([O-])c1ccc(F)cc1F.O=[N+]([O-])c1ccccc1. The third-order valence-corrected chi connectivity index (χ3v) is 2.07. The van der Waals surface area contributed by atoms with E-state index in [1.807, 2.05) is 0 Å². The van der Waals surface area contributed by atoms with Crippen molar-refractivity contribution in [1.29, 1.82) is 0 Å². The van der Waals surface area contributed by atoms with Gasteiger partial charge in [0.1, 0.15) is 5.82 Å². The van der Waals surface area contributed by atoms with E-state index in [0.29, 0.717) is 6.07 Å². The summed E-state index contributed by atoms with van der Waals surface area (Å²) in [6.07, 6.45) is 0. The highest BCUT2D eigenvalue weighted by atomic mass is 19.1. The summed E-state index contributed by atoms with van der Waals surface area (Å²) in [5.41, 5.74) is -0.580. The molecule has 0 bridgehead atoms. The number of hydrogen-bond acceptors (Lipinski definition) is 4. The summed E-state index contributed by atoms with van der Waals surface area (Å²) in [6.45, 7) is 0. The second-order valence-electron chi connectivity index (χ2n) is 3.45. The first-order chi connectivity index (χ1) is 9.41. The van der Waals surface area contributed by atoms with Crippen molar-refractivity contribution in [2.75, 3.05) is 0 Å². The van der Waals surface area contributed by atoms with Gasteiger partial charge < -0.3 is 0 Å². The van der Waals surface area contributed by atoms with Gasteiger partial charge in [-0.1, -0.05) is 18.2 Å². The van der Waals surface area contributed by atoms with Crippen LogP contribution in [0.5, 0.6) is 0 Å². The fourth-order valence-corrected chi connectivity index (χ4v) is 1.18. The molecule has 0 saturated heterocycles. The minimum absolute atomic E-state index is 0.137. The van der Waals surface area contributed by atoms with Crippen LogP contribution in [-0.2, 0) is 0 Å². The van der Waals surface area contributed by atoms with Crippen LogP contribution in [0.2, 0.25) is 0 Å². The summed E-state index contributed by atoms with van der Waals surface area (Å²) in [5.74, 6) is -1.98. The van der Waals surface area contributed by atoms with Crippen molar-refractivity contribution in [2.24, 2.45) is 0 Å². The molecule has 0 fully saturated rings. The van der Waals surface area contributed by atoms with Crippen molar-refractivity contribution < 1.29 is 18.6 Å². The number of nitrogens with zero attached hydrogens (tertiary/aromatic N) is 2. The first kappa shape index (κ1) is 15.2. The number of rotatable bonds is 2. The third-order valence-electron chi connectivity index (χ3n) is 2.07. The highest BCUT2D eigenvalue weighted by Crippen LogP contribution is 2.16. The largest absolute Gasteiger partial charge is 0.304 e. The number of para-hydroxylation sites is 1. The number of halogens is 2. The highest BCUT2D eigenvalue weighted by Gasteiger charge is 2.13. The lowest BCUT2D eigenvalue weighted by molar-refractivity contribution is -0.387. The van der Waals surface area contributed by atoms with Gasteiger partial charge in [-0.3, -0.25) is 20.2 Å². The van der Waals surface area contributed by atoms with Crippen LogP contribution in [0.3, 0.4) is 0 Å². The second-order valence-corrected chi connectivity index (χ2v) is 3.45. The summed E-state index contributed by atoms with van der Waals surface area (Å²) in [7, 11) is 0. The molecule has 0 N–H and O–H groups in total. The Morgan fingerprint density at radius 3 is 1.85 bits per heavy atom. The van der Waals surface area contributed by atoms with Gasteiger partial charge in [-0.25, -0.2) is 4.39 Å². The summed E-state index contributed by atoms with van der Waals surface area (Å²) in [6, 6.07) is 10.0. The van der Waals surface area contributed by atoms with E-state index in [2.05, 4.69) is 0 Å². The Bertz CT molecular complexity index is 620. The lowest BCUT2D eigenvalue weighted by atomic mass is 10.3. The van der Waals surface area contributed by atoms with Crippen LogP contribution in [0.15, 0.2) is 48.5 Å². The molecule has 0 unspecified atom stereocenters. The topological polar surface area (TPSA) is 86.3 Å². The van der Waals surface area contributed by atoms with Crippen molar-refractivity contribution in [3.05, 3.63) is 80.4 Å². The van der Waals surface area contributed by atoms with Crippen molar-refractivity contribution in [1.82, 2.24) is 0 Å². The lowest BCUT2D eigenvalue weighted by Crippen LogP contribution is -1.92. The molecular formula is C12H8F2N2O4. The Labute approximate surface area is 111 Å². The van der Waals surface area contributed by atoms with Crippen LogP contribution in [0, 0.1) is 31.9 Å². The minimum Gasteiger partial charge on any atom is -0.258 e. The number of non-ortho nitro benzene ring substituents is 1. The smallest absolute Gasteiger partial charge is 0.258 e. The molecule has 0 spiro atoms. The van der Waals surface area contributed by atoms with Crippen LogP contribution >= 0.6 is 0 Å². The van der Waals surface area contributed by atoms with E-state index >= 15 is 0 Å². The summed E-state index contributed by atoms with van der Waals surface area (Å²) in [4.78, 5) is 18.7. The number of nitro benzene ring substituents is 2. The van der Waals surface area contributed by atoms with Crippen molar-refractivity contribution in [3.8, 4) is 0 Å². The molecule has 0 radical (unpaired) electrons. The molecule has 0 amide bonds. The standard InChI is InChI=1S/C6H3F2NO2.C6H5NO2/c7-4-1-2-6(9(10)11)5(8)3-4;8-7(9)6-4-2-1-3-5-6/h1-3H;1-5H. The van der Waals surface area contributed by atoms with Gasteiger partial charge in [0.05, 0.1) is 9.85 Å². The molecule has 2 aromatic carbocycles. The highest BCUT2D eigenvalue weighted by molar-refractivity contribution is 5.31. The van der Waals surface area contributed by atoms with Crippen LogP contribution < -0.4 is 0 Å². The molecular weight excluding hydrogens is 274 g/mol. The first-order valence-corrected chi connectivity index (χ1v) is 5.20. The normalized spacial score (nSPS) is 9.30. The van der Waals surface area contributed by atoms with Crippen LogP contribution in [0.25, 0.3) is 0 Å². The summed E-state index contributed by atoms with van der Waals surface area (Å²) in [5, 5.41) is 20.0. The Balaban J connectivity index is 0.000000204. The Morgan fingerprint density at radius 2 is 1.45 bits per heavy atom. The van der Waals surface area contributed by atoms with Crippen molar-refractivity contribution in [2.45, 2.75) is 0 Å². The molecule has 0 aliphatic heterocycles. The average Bonchev–Trinajstić information content (AvgIpc) is 2.40. The van der Waals surface area contributed by atoms with E-state index in [1.165, 1.54) is 12.1 Å². The zero-order chi connectivity index (χ0) is 15.1. The molecule has 0 aliphatic rings. The Kier molecular flexibility index (Phi) is 5.21. The predicted octanol–water partition coefficient (Wildman–Crippen LogP) is 3.47. The van der Waals surface area contributed by atoms with Crippen LogP contribution in [0.1, 0.15) is 0 Å². The maximum Gasteiger partial charge on any atom is 0.304 e. The van der Waals surface area contributed by atoms with Crippen molar-refractivity contribution >= 4 is 11.4 Å². The zero-order valence-electron chi connectivity index (χ0n) is 9.90. The van der Waals surface area contributed by atoms with Gasteiger partial charge >= 0.3 is 5.69 Å². The third kappa shape index (κ3) is 4.41. The van der Waals surface area contributed by atoms with Gasteiger partial charge in [0, 0.05) is 24.3 Å². The summed E-state index contributed by atoms with van der Waals surface area (Å²) >= 11 is 0. The molecule has 20 heavy (non-hydrogen) atoms. The molecule has 104 valence electrons. The zero-order valence-corrected chi connectivity index (χ0v) is 9.90. The minimum atomic E-state index is -1.16. The van der Waals surface area contributed by atoms with E-state index in [4.69, 9.17) is 0 Å². The second kappa shape index (κ2) is 6.88. The molecule has 0 aliphatic carbocycles. The van der Waals surface area contributed by atoms with Gasteiger partial charge in [-0.2, -0.15) is 4.39 Å². The molecule has 6 nitrogen and oxygen atoms in total. The summed E-state index contributed by atoms with van der Waals surface area (Å²) < 4.78 is 24.6. The fraction of sp³-hybridized carbons (Fsp3) is 0. The number of benzene rings is 2. The number of nitro groups is 2. The van der Waals surface area contributed by atoms with E-state index in [1.54, 1.807) is 18.2 Å². The molecule has 0 atom stereocenters. The van der Waals surface area contributed by atoms with E-state index in [0.717, 1.165) is 12.1 Å². The molecule has 0 heterocycles. The van der Waals surface area contributed by atoms with E-state index < -0.39 is 27.2 Å². The molecule has 2 rings (SSSR count). The first-order valence-electron chi connectivity index (χ1n) is 5.20. The molecule has 0 aromatic heterocycles. The molecule has 8 heteroatoms. The van der Waals surface area contributed by atoms with Gasteiger partial charge in [0.15, 0.2) is 0 Å². The quantitative estimate of drug-likeness (QED) is 0.623. The lowest BCUT2D eigenvalue weighted by Gasteiger charge is -1.91. The van der Waals surface area contributed by atoms with Crippen LogP contribution in [-0.4, -0.2) is 9.85 Å². The van der Waals surface area contributed by atoms with Crippen LogP contribution in [0.4, 0.5) is 20.2 Å². The van der Waals surface area contributed by atoms with E-state index in [-0.39, 0.29) is 5.69 Å². The fourth-order valence-electron chi connectivity index (χ4n) is 1.18. The Hall–Kier alpha value is -2.90. The van der Waals surface area contributed by atoms with Crippen molar-refractivity contribution in [3.63, 3.8) is 0 Å². The Morgan fingerprint density at radius 1 is 0.850 bits per heavy atom. The van der Waals surface area contributed by atoms with Gasteiger partial charge in [-0.15, -0.1) is 0 Å². The van der Waals surface area contributed by atoms with Gasteiger partial charge in [0.25, 0.3) is 5.69 Å². The van der Waals surface area contributed by atoms with Gasteiger partial charge in [0.2, 0.25) is 5.82 Å². The van der Waals surface area contributed by atoms with E-state index in [9.17, 15) is 29.0 Å². The molecule has 0 saturated carbocycles. The number of hydrogen-bond donors (Lipinski definition) is 0. The predicted molar refractivity (Wildman–Crippen MR) is 66.1 cm³/mol. The van der Waals surface area contributed by atoms with Gasteiger partial charge in [-0.05, 0) is 6.07 Å². The monoisotopic (exact) mass is 282 g/mol. The molecule has 2 aromatic rings.